The summed E-state index contributed by atoms with van der Waals surface area (Å²) < 4.78 is 11.7. The van der Waals surface area contributed by atoms with Crippen LogP contribution in [0.3, 0.4) is 0 Å². The van der Waals surface area contributed by atoms with Gasteiger partial charge in [-0.3, -0.25) is 9.59 Å². The van der Waals surface area contributed by atoms with E-state index in [1.807, 2.05) is 18.7 Å². The predicted octanol–water partition coefficient (Wildman–Crippen LogP) is 0.493. The molecular formula is C18H26N6O4. The number of carbonyl (C=O) groups excluding carboxylic acids is 2. The summed E-state index contributed by atoms with van der Waals surface area (Å²) in [7, 11) is 1.57. The standard InChI is InChI=1S/C18H26N6O4/c1-12-15(13(2)28-21-12)9-17(25)24-7-4-5-14(24)10-23-11-16(20-22-23)18(26)19-6-8-27-3/h11,14H,4-10H2,1-3H3,(H,19,26)/t14-/m0/s1. The first-order chi connectivity index (χ1) is 13.5. The van der Waals surface area contributed by atoms with E-state index in [9.17, 15) is 9.59 Å². The summed E-state index contributed by atoms with van der Waals surface area (Å²) in [5, 5.41) is 14.6. The molecule has 0 saturated carbocycles. The summed E-state index contributed by atoms with van der Waals surface area (Å²) in [5.74, 6) is 0.442. The van der Waals surface area contributed by atoms with Crippen molar-refractivity contribution in [2.24, 2.45) is 0 Å². The number of methoxy groups -OCH3 is 1. The molecule has 0 unspecified atom stereocenters. The number of ether oxygens (including phenoxy) is 1. The number of hydrogen-bond acceptors (Lipinski definition) is 7. The van der Waals surface area contributed by atoms with Gasteiger partial charge in [-0.1, -0.05) is 10.4 Å². The summed E-state index contributed by atoms with van der Waals surface area (Å²) in [5.41, 5.74) is 1.86. The highest BCUT2D eigenvalue weighted by Crippen LogP contribution is 2.22. The zero-order valence-corrected chi connectivity index (χ0v) is 16.5. The number of carbonyl (C=O) groups is 2. The molecule has 1 fully saturated rings. The minimum atomic E-state index is -0.291. The number of aromatic nitrogens is 4. The van der Waals surface area contributed by atoms with Crippen molar-refractivity contribution in [3.8, 4) is 0 Å². The van der Waals surface area contributed by atoms with Gasteiger partial charge in [-0.2, -0.15) is 0 Å². The van der Waals surface area contributed by atoms with Crippen LogP contribution in [-0.4, -0.2) is 69.7 Å². The zero-order valence-electron chi connectivity index (χ0n) is 16.5. The minimum absolute atomic E-state index is 0.0269. The average Bonchev–Trinajstić information content (AvgIpc) is 3.39. The van der Waals surface area contributed by atoms with Crippen LogP contribution in [0, 0.1) is 13.8 Å². The van der Waals surface area contributed by atoms with E-state index < -0.39 is 0 Å². The fourth-order valence-corrected chi connectivity index (χ4v) is 3.43. The van der Waals surface area contributed by atoms with Crippen molar-refractivity contribution in [1.29, 1.82) is 0 Å². The molecule has 1 atom stereocenters. The van der Waals surface area contributed by atoms with E-state index in [4.69, 9.17) is 9.26 Å². The van der Waals surface area contributed by atoms with Crippen LogP contribution in [0.25, 0.3) is 0 Å². The smallest absolute Gasteiger partial charge is 0.273 e. The van der Waals surface area contributed by atoms with Crippen LogP contribution in [-0.2, 0) is 22.5 Å². The number of amides is 2. The highest BCUT2D eigenvalue weighted by molar-refractivity contribution is 5.91. The van der Waals surface area contributed by atoms with E-state index in [0.717, 1.165) is 24.1 Å². The molecule has 0 radical (unpaired) electrons. The SMILES string of the molecule is COCCNC(=O)c1cn(C[C@@H]2CCCN2C(=O)Cc2c(C)noc2C)nn1. The van der Waals surface area contributed by atoms with E-state index in [2.05, 4.69) is 20.8 Å². The van der Waals surface area contributed by atoms with Gasteiger partial charge in [-0.05, 0) is 26.7 Å². The number of likely N-dealkylation sites (tertiary alicyclic amines) is 1. The molecule has 1 aliphatic heterocycles. The summed E-state index contributed by atoms with van der Waals surface area (Å²) in [6.45, 7) is 5.73. The van der Waals surface area contributed by atoms with Crippen LogP contribution in [0.4, 0.5) is 0 Å². The zero-order chi connectivity index (χ0) is 20.1. The normalized spacial score (nSPS) is 16.5. The molecule has 1 N–H and O–H groups in total. The largest absolute Gasteiger partial charge is 0.383 e. The van der Waals surface area contributed by atoms with E-state index in [-0.39, 0.29) is 30.0 Å². The Balaban J connectivity index is 1.59. The number of rotatable bonds is 8. The van der Waals surface area contributed by atoms with Gasteiger partial charge in [0, 0.05) is 25.8 Å². The highest BCUT2D eigenvalue weighted by Gasteiger charge is 2.30. The summed E-state index contributed by atoms with van der Waals surface area (Å²) in [4.78, 5) is 26.7. The van der Waals surface area contributed by atoms with Crippen LogP contribution < -0.4 is 5.32 Å². The molecule has 2 aromatic heterocycles. The molecule has 10 heteroatoms. The van der Waals surface area contributed by atoms with Gasteiger partial charge in [0.1, 0.15) is 5.76 Å². The van der Waals surface area contributed by atoms with Crippen molar-refractivity contribution in [3.05, 3.63) is 28.9 Å². The first-order valence-corrected chi connectivity index (χ1v) is 9.38. The van der Waals surface area contributed by atoms with Crippen LogP contribution >= 0.6 is 0 Å². The van der Waals surface area contributed by atoms with Crippen molar-refractivity contribution >= 4 is 11.8 Å². The number of nitrogens with zero attached hydrogens (tertiary/aromatic N) is 5. The van der Waals surface area contributed by atoms with Gasteiger partial charge in [0.05, 0.1) is 37.5 Å². The quantitative estimate of drug-likeness (QED) is 0.652. The molecule has 2 aromatic rings. The lowest BCUT2D eigenvalue weighted by Crippen LogP contribution is -2.39. The fourth-order valence-electron chi connectivity index (χ4n) is 3.43. The Morgan fingerprint density at radius 3 is 2.93 bits per heavy atom. The Bertz CT molecular complexity index is 810. The Morgan fingerprint density at radius 1 is 1.39 bits per heavy atom. The molecule has 2 amide bonds. The van der Waals surface area contributed by atoms with Gasteiger partial charge < -0.3 is 19.5 Å². The van der Waals surface area contributed by atoms with Crippen LogP contribution in [0.15, 0.2) is 10.7 Å². The molecule has 1 saturated heterocycles. The summed E-state index contributed by atoms with van der Waals surface area (Å²) in [6.07, 6.45) is 3.72. The second-order valence-corrected chi connectivity index (χ2v) is 6.94. The third-order valence-corrected chi connectivity index (χ3v) is 4.97. The average molecular weight is 390 g/mol. The van der Waals surface area contributed by atoms with Gasteiger partial charge in [0.25, 0.3) is 5.91 Å². The van der Waals surface area contributed by atoms with Gasteiger partial charge in [0.2, 0.25) is 5.91 Å². The van der Waals surface area contributed by atoms with Crippen molar-refractivity contribution < 1.29 is 18.8 Å². The number of aryl methyl sites for hydroxylation is 2. The molecule has 1 aliphatic rings. The van der Waals surface area contributed by atoms with Crippen LogP contribution in [0.2, 0.25) is 0 Å². The Labute approximate surface area is 163 Å². The predicted molar refractivity (Wildman–Crippen MR) is 98.6 cm³/mol. The first kappa shape index (κ1) is 20.0. The molecule has 0 spiro atoms. The maximum atomic E-state index is 12.8. The molecule has 152 valence electrons. The van der Waals surface area contributed by atoms with E-state index >= 15 is 0 Å². The van der Waals surface area contributed by atoms with Gasteiger partial charge in [0.15, 0.2) is 5.69 Å². The van der Waals surface area contributed by atoms with Crippen molar-refractivity contribution in [2.75, 3.05) is 26.8 Å². The fraction of sp³-hybridized carbons (Fsp3) is 0.611. The van der Waals surface area contributed by atoms with E-state index in [1.54, 1.807) is 18.0 Å². The maximum Gasteiger partial charge on any atom is 0.273 e. The molecule has 28 heavy (non-hydrogen) atoms. The third-order valence-electron chi connectivity index (χ3n) is 4.97. The Kier molecular flexibility index (Phi) is 6.40. The lowest BCUT2D eigenvalue weighted by molar-refractivity contribution is -0.131. The molecule has 3 rings (SSSR count). The minimum Gasteiger partial charge on any atom is -0.383 e. The number of hydrogen-bond donors (Lipinski definition) is 1. The van der Waals surface area contributed by atoms with Crippen molar-refractivity contribution in [2.45, 2.75) is 45.7 Å². The van der Waals surface area contributed by atoms with Crippen molar-refractivity contribution in [3.63, 3.8) is 0 Å². The van der Waals surface area contributed by atoms with Crippen molar-refractivity contribution in [1.82, 2.24) is 30.4 Å². The van der Waals surface area contributed by atoms with E-state index in [0.29, 0.717) is 32.0 Å². The second kappa shape index (κ2) is 8.96. The Morgan fingerprint density at radius 2 is 2.21 bits per heavy atom. The second-order valence-electron chi connectivity index (χ2n) is 6.94. The highest BCUT2D eigenvalue weighted by atomic mass is 16.5. The monoisotopic (exact) mass is 390 g/mol. The van der Waals surface area contributed by atoms with Gasteiger partial charge in [-0.15, -0.1) is 5.10 Å². The van der Waals surface area contributed by atoms with Gasteiger partial charge in [-0.25, -0.2) is 4.68 Å². The van der Waals surface area contributed by atoms with E-state index in [1.165, 1.54) is 0 Å². The lowest BCUT2D eigenvalue weighted by atomic mass is 10.1. The van der Waals surface area contributed by atoms with Crippen LogP contribution in [0.1, 0.15) is 40.3 Å². The molecule has 0 bridgehead atoms. The lowest BCUT2D eigenvalue weighted by Gasteiger charge is -2.24. The maximum absolute atomic E-state index is 12.8. The first-order valence-electron chi connectivity index (χ1n) is 9.38. The Hall–Kier alpha value is -2.75. The summed E-state index contributed by atoms with van der Waals surface area (Å²) in [6, 6.07) is 0.0269. The number of nitrogens with one attached hydrogen (secondary N) is 1. The summed E-state index contributed by atoms with van der Waals surface area (Å²) >= 11 is 0. The molecular weight excluding hydrogens is 364 g/mol. The van der Waals surface area contributed by atoms with Crippen LogP contribution in [0.5, 0.6) is 0 Å². The topological polar surface area (TPSA) is 115 Å². The molecule has 0 aromatic carbocycles. The molecule has 3 heterocycles. The van der Waals surface area contributed by atoms with Gasteiger partial charge >= 0.3 is 0 Å². The molecule has 10 nitrogen and oxygen atoms in total. The third kappa shape index (κ3) is 4.56. The molecule has 0 aliphatic carbocycles.